The van der Waals surface area contributed by atoms with Crippen molar-refractivity contribution in [2.45, 2.75) is 105 Å². The maximum Gasteiger partial charge on any atom is 0.338 e. The summed E-state index contributed by atoms with van der Waals surface area (Å²) in [4.78, 5) is 41.2. The third-order valence-electron chi connectivity index (χ3n) is 15.7. The highest BCUT2D eigenvalue weighted by Crippen LogP contribution is 2.81. The molecule has 1 aromatic rings. The molecule has 2 bridgehead atoms. The minimum atomic E-state index is -0.629. The Kier molecular flexibility index (Phi) is 6.80. The van der Waals surface area contributed by atoms with Gasteiger partial charge in [-0.2, -0.15) is 0 Å². The number of benzene rings is 1. The molecule has 0 N–H and O–H groups in total. The predicted octanol–water partition coefficient (Wildman–Crippen LogP) is 7.57. The normalized spacial score (nSPS) is 46.2. The molecule has 0 spiro atoms. The molecule has 6 aliphatic rings. The van der Waals surface area contributed by atoms with Crippen LogP contribution in [0.1, 0.15) is 103 Å². The van der Waals surface area contributed by atoms with Crippen LogP contribution in [-0.4, -0.2) is 43.8 Å². The molecule has 1 aliphatic heterocycles. The van der Waals surface area contributed by atoms with E-state index in [4.69, 9.17) is 18.9 Å². The topological polar surface area (TPSA) is 88.1 Å². The minimum Gasteiger partial charge on any atom is -0.497 e. The molecule has 11 unspecified atom stereocenters. The Morgan fingerprint density at radius 3 is 2.15 bits per heavy atom. The molecule has 7 nitrogen and oxygen atoms in total. The molecule has 0 amide bonds. The first-order valence-corrected chi connectivity index (χ1v) is 17.4. The minimum absolute atomic E-state index is 0.00145. The first kappa shape index (κ1) is 31.8. The number of hydrogen-bond acceptors (Lipinski definition) is 7. The fourth-order valence-electron chi connectivity index (χ4n) is 13.4. The van der Waals surface area contributed by atoms with Crippen molar-refractivity contribution in [3.05, 3.63) is 42.0 Å². The molecular weight excluding hydrogens is 580 g/mol. The number of ether oxygens (including phenoxy) is 4. The lowest BCUT2D eigenvalue weighted by atomic mass is 9.34. The van der Waals surface area contributed by atoms with Gasteiger partial charge in [0.25, 0.3) is 0 Å². The van der Waals surface area contributed by atoms with E-state index in [-0.39, 0.29) is 40.5 Å². The van der Waals surface area contributed by atoms with Crippen molar-refractivity contribution < 1.29 is 33.3 Å². The summed E-state index contributed by atoms with van der Waals surface area (Å²) in [5.74, 6) is 0.230. The SMILES string of the molecule is C=C(C)C12CCC3(CCC4(C)C(CCC5C6(C)C(C(=O)OC)C(OC(=O)c7ccc(OC)cc7)C(C)(C)C6CCC54C)C31)C(=O)O2. The van der Waals surface area contributed by atoms with Crippen molar-refractivity contribution >= 4 is 17.9 Å². The Bertz CT molecular complexity index is 1500. The second kappa shape index (κ2) is 9.85. The molecule has 0 aromatic heterocycles. The summed E-state index contributed by atoms with van der Waals surface area (Å²) in [5.41, 5.74) is -0.534. The molecule has 7 heteroatoms. The first-order chi connectivity index (χ1) is 21.6. The Morgan fingerprint density at radius 1 is 0.870 bits per heavy atom. The van der Waals surface area contributed by atoms with E-state index in [1.165, 1.54) is 7.11 Å². The average Bonchev–Trinajstić information content (AvgIpc) is 3.55. The molecule has 46 heavy (non-hydrogen) atoms. The molecule has 1 heterocycles. The smallest absolute Gasteiger partial charge is 0.338 e. The fourth-order valence-corrected chi connectivity index (χ4v) is 13.4. The Morgan fingerprint density at radius 2 is 1.54 bits per heavy atom. The van der Waals surface area contributed by atoms with E-state index in [2.05, 4.69) is 48.1 Å². The molecule has 0 radical (unpaired) electrons. The van der Waals surface area contributed by atoms with Crippen molar-refractivity contribution in [2.24, 2.45) is 56.7 Å². The fraction of sp³-hybridized carbons (Fsp3) is 0.718. The third-order valence-corrected chi connectivity index (χ3v) is 15.7. The number of carbonyl (C=O) groups excluding carboxylic acids is 3. The van der Waals surface area contributed by atoms with Crippen LogP contribution in [0.5, 0.6) is 5.75 Å². The van der Waals surface area contributed by atoms with Crippen LogP contribution in [0.3, 0.4) is 0 Å². The van der Waals surface area contributed by atoms with E-state index in [1.54, 1.807) is 31.4 Å². The van der Waals surface area contributed by atoms with Crippen molar-refractivity contribution in [3.63, 3.8) is 0 Å². The summed E-state index contributed by atoms with van der Waals surface area (Å²) in [7, 11) is 3.05. The zero-order chi connectivity index (χ0) is 33.2. The maximum absolute atomic E-state index is 14.0. The van der Waals surface area contributed by atoms with Crippen molar-refractivity contribution in [1.29, 1.82) is 0 Å². The summed E-state index contributed by atoms with van der Waals surface area (Å²) < 4.78 is 23.6. The van der Waals surface area contributed by atoms with E-state index in [0.29, 0.717) is 17.2 Å². The summed E-state index contributed by atoms with van der Waals surface area (Å²) in [6.07, 6.45) is 6.91. The maximum atomic E-state index is 14.0. The molecule has 6 fully saturated rings. The van der Waals surface area contributed by atoms with E-state index in [9.17, 15) is 14.4 Å². The zero-order valence-electron chi connectivity index (χ0n) is 29.0. The molecule has 11 atom stereocenters. The van der Waals surface area contributed by atoms with Crippen LogP contribution < -0.4 is 4.74 Å². The van der Waals surface area contributed by atoms with Gasteiger partial charge in [-0.1, -0.05) is 41.2 Å². The summed E-state index contributed by atoms with van der Waals surface area (Å²) >= 11 is 0. The van der Waals surface area contributed by atoms with Gasteiger partial charge in [-0.3, -0.25) is 9.59 Å². The monoisotopic (exact) mass is 632 g/mol. The van der Waals surface area contributed by atoms with Gasteiger partial charge in [0.15, 0.2) is 0 Å². The number of hydrogen-bond donors (Lipinski definition) is 0. The van der Waals surface area contributed by atoms with Gasteiger partial charge in [0, 0.05) is 11.3 Å². The van der Waals surface area contributed by atoms with Gasteiger partial charge in [0.05, 0.1) is 25.2 Å². The quantitative estimate of drug-likeness (QED) is 0.188. The second-order valence-corrected chi connectivity index (χ2v) is 17.1. The number of esters is 3. The Balaban J connectivity index is 1.28. The lowest BCUT2D eigenvalue weighted by molar-refractivity contribution is -0.223. The number of methoxy groups -OCH3 is 2. The predicted molar refractivity (Wildman–Crippen MR) is 173 cm³/mol. The molecule has 5 saturated carbocycles. The summed E-state index contributed by atoms with van der Waals surface area (Å²) in [6, 6.07) is 6.92. The molecule has 7 rings (SSSR count). The average molecular weight is 633 g/mol. The van der Waals surface area contributed by atoms with Gasteiger partial charge < -0.3 is 18.9 Å². The zero-order valence-corrected chi connectivity index (χ0v) is 29.0. The highest BCUT2D eigenvalue weighted by molar-refractivity contribution is 5.90. The van der Waals surface area contributed by atoms with Crippen LogP contribution in [0.4, 0.5) is 0 Å². The van der Waals surface area contributed by atoms with Gasteiger partial charge in [0.2, 0.25) is 0 Å². The lowest BCUT2D eigenvalue weighted by Crippen LogP contribution is -2.65. The van der Waals surface area contributed by atoms with Gasteiger partial charge in [0.1, 0.15) is 23.4 Å². The molecular formula is C39H52O7. The van der Waals surface area contributed by atoms with Gasteiger partial charge >= 0.3 is 17.9 Å². The standard InChI is InChI=1S/C39H52O7/c1-22(2)39-21-20-38(33(42)46-39)19-18-35(5)25(29(38)39)14-15-27-36(35,6)17-16-26-34(3,4)30(28(32(41)44-9)37(26,27)7)45-31(40)23-10-12-24(43-8)13-11-23/h10-13,25-30H,1,14-21H2,2-9H3. The molecule has 1 aromatic carbocycles. The van der Waals surface area contributed by atoms with Gasteiger partial charge in [-0.15, -0.1) is 0 Å². The van der Waals surface area contributed by atoms with E-state index in [1.807, 2.05) is 0 Å². The first-order valence-electron chi connectivity index (χ1n) is 17.4. The van der Waals surface area contributed by atoms with Crippen LogP contribution in [0.2, 0.25) is 0 Å². The summed E-state index contributed by atoms with van der Waals surface area (Å²) in [6.45, 7) is 18.1. The highest BCUT2D eigenvalue weighted by atomic mass is 16.6. The Labute approximate surface area is 274 Å². The van der Waals surface area contributed by atoms with Gasteiger partial charge in [-0.05, 0) is 122 Å². The van der Waals surface area contributed by atoms with Crippen molar-refractivity contribution in [1.82, 2.24) is 0 Å². The van der Waals surface area contributed by atoms with Crippen LogP contribution >= 0.6 is 0 Å². The van der Waals surface area contributed by atoms with Crippen LogP contribution in [0.15, 0.2) is 36.4 Å². The van der Waals surface area contributed by atoms with Gasteiger partial charge in [-0.25, -0.2) is 4.79 Å². The van der Waals surface area contributed by atoms with Crippen LogP contribution in [0, 0.1) is 56.7 Å². The molecule has 250 valence electrons. The number of rotatable bonds is 5. The second-order valence-electron chi connectivity index (χ2n) is 17.1. The van der Waals surface area contributed by atoms with Crippen molar-refractivity contribution in [3.8, 4) is 5.75 Å². The summed E-state index contributed by atoms with van der Waals surface area (Å²) in [5, 5.41) is 0. The lowest BCUT2D eigenvalue weighted by Gasteiger charge is -2.70. The molecule has 1 saturated heterocycles. The van der Waals surface area contributed by atoms with E-state index < -0.39 is 39.8 Å². The largest absolute Gasteiger partial charge is 0.497 e. The number of fused-ring (bicyclic) bond motifs is 5. The van der Waals surface area contributed by atoms with E-state index >= 15 is 0 Å². The highest BCUT2D eigenvalue weighted by Gasteiger charge is 2.80. The van der Waals surface area contributed by atoms with E-state index in [0.717, 1.165) is 56.9 Å². The number of carbonyl (C=O) groups is 3. The third kappa shape index (κ3) is 3.58. The van der Waals surface area contributed by atoms with Crippen LogP contribution in [0.25, 0.3) is 0 Å². The molecule has 5 aliphatic carbocycles. The Hall–Kier alpha value is -2.83. The van der Waals surface area contributed by atoms with Crippen LogP contribution in [-0.2, 0) is 23.8 Å². The van der Waals surface area contributed by atoms with Crippen molar-refractivity contribution in [2.75, 3.05) is 14.2 Å².